The predicted molar refractivity (Wildman–Crippen MR) is 81.3 cm³/mol. The molecule has 19 heavy (non-hydrogen) atoms. The highest BCUT2D eigenvalue weighted by Gasteiger charge is 2.10. The molecule has 1 aromatic rings. The molecule has 0 saturated heterocycles. The van der Waals surface area contributed by atoms with Crippen molar-refractivity contribution in [2.75, 3.05) is 13.2 Å². The largest absolute Gasteiger partial charge is 0.494 e. The van der Waals surface area contributed by atoms with E-state index in [1.807, 2.05) is 19.1 Å². The smallest absolute Gasteiger partial charge is 0.119 e. The van der Waals surface area contributed by atoms with Crippen LogP contribution < -0.4 is 10.1 Å². The van der Waals surface area contributed by atoms with Crippen LogP contribution >= 0.6 is 0 Å². The quantitative estimate of drug-likeness (QED) is 0.536. The lowest BCUT2D eigenvalue weighted by atomic mass is 10.0. The minimum Gasteiger partial charge on any atom is -0.494 e. The van der Waals surface area contributed by atoms with Crippen LogP contribution in [0.25, 0.3) is 0 Å². The average Bonchev–Trinajstić information content (AvgIpc) is 2.44. The third-order valence-electron chi connectivity index (χ3n) is 3.05. The van der Waals surface area contributed by atoms with Gasteiger partial charge in [-0.15, -0.1) is 12.3 Å². The number of hydrogen-bond acceptors (Lipinski definition) is 2. The van der Waals surface area contributed by atoms with E-state index in [0.29, 0.717) is 12.6 Å². The van der Waals surface area contributed by atoms with Gasteiger partial charge in [-0.05, 0) is 50.4 Å². The van der Waals surface area contributed by atoms with Crippen molar-refractivity contribution < 1.29 is 4.74 Å². The third kappa shape index (κ3) is 5.81. The van der Waals surface area contributed by atoms with Crippen LogP contribution in [0.2, 0.25) is 0 Å². The van der Waals surface area contributed by atoms with Crippen LogP contribution in [-0.2, 0) is 0 Å². The fourth-order valence-corrected chi connectivity index (χ4v) is 2.08. The Bertz CT molecular complexity index is 377. The molecule has 1 N–H and O–H groups in total. The molecule has 0 heterocycles. The second-order valence-electron chi connectivity index (χ2n) is 4.61. The maximum Gasteiger partial charge on any atom is 0.119 e. The number of hydrogen-bond donors (Lipinski definition) is 1. The molecule has 0 amide bonds. The van der Waals surface area contributed by atoms with E-state index in [4.69, 9.17) is 11.2 Å². The fraction of sp³-hybridized carbons (Fsp3) is 0.529. The summed E-state index contributed by atoms with van der Waals surface area (Å²) < 4.78 is 5.47. The standard InChI is InChI=1S/C17H25NO/c1-4-7-8-9-17(18-14-5-2)15-10-12-16(13-11-15)19-6-3/h1,10-13,17-18H,5-9,14H2,2-3H3. The highest BCUT2D eigenvalue weighted by atomic mass is 16.5. The van der Waals surface area contributed by atoms with Crippen molar-refractivity contribution >= 4 is 0 Å². The number of nitrogens with one attached hydrogen (secondary N) is 1. The summed E-state index contributed by atoms with van der Waals surface area (Å²) in [4.78, 5) is 0. The summed E-state index contributed by atoms with van der Waals surface area (Å²) in [5, 5.41) is 3.59. The van der Waals surface area contributed by atoms with Gasteiger partial charge in [0.05, 0.1) is 6.61 Å². The van der Waals surface area contributed by atoms with Gasteiger partial charge >= 0.3 is 0 Å². The molecule has 0 radical (unpaired) electrons. The Morgan fingerprint density at radius 2 is 2.00 bits per heavy atom. The van der Waals surface area contributed by atoms with Crippen LogP contribution in [0, 0.1) is 12.3 Å². The van der Waals surface area contributed by atoms with E-state index in [1.165, 1.54) is 5.56 Å². The highest BCUT2D eigenvalue weighted by Crippen LogP contribution is 2.22. The van der Waals surface area contributed by atoms with Crippen LogP contribution in [-0.4, -0.2) is 13.2 Å². The first-order valence-electron chi connectivity index (χ1n) is 7.21. The molecule has 0 bridgehead atoms. The number of rotatable bonds is 9. The first-order valence-corrected chi connectivity index (χ1v) is 7.21. The van der Waals surface area contributed by atoms with Crippen LogP contribution in [0.1, 0.15) is 51.1 Å². The molecule has 104 valence electrons. The Balaban J connectivity index is 2.64. The van der Waals surface area contributed by atoms with Gasteiger partial charge in [0.15, 0.2) is 0 Å². The molecule has 1 unspecified atom stereocenters. The Kier molecular flexibility index (Phi) is 7.77. The summed E-state index contributed by atoms with van der Waals surface area (Å²) in [5.41, 5.74) is 1.31. The average molecular weight is 259 g/mol. The van der Waals surface area contributed by atoms with E-state index in [2.05, 4.69) is 30.3 Å². The summed E-state index contributed by atoms with van der Waals surface area (Å²) in [6, 6.07) is 8.77. The highest BCUT2D eigenvalue weighted by molar-refractivity contribution is 5.29. The summed E-state index contributed by atoms with van der Waals surface area (Å²) in [6.45, 7) is 5.93. The lowest BCUT2D eigenvalue weighted by Gasteiger charge is -2.19. The van der Waals surface area contributed by atoms with Crippen molar-refractivity contribution in [2.24, 2.45) is 0 Å². The van der Waals surface area contributed by atoms with Gasteiger partial charge < -0.3 is 10.1 Å². The molecule has 2 nitrogen and oxygen atoms in total. The number of ether oxygens (including phenoxy) is 1. The van der Waals surface area contributed by atoms with Gasteiger partial charge in [-0.25, -0.2) is 0 Å². The Hall–Kier alpha value is -1.46. The van der Waals surface area contributed by atoms with Crippen molar-refractivity contribution in [2.45, 2.75) is 45.6 Å². The molecular weight excluding hydrogens is 234 g/mol. The first kappa shape index (κ1) is 15.6. The monoisotopic (exact) mass is 259 g/mol. The maximum atomic E-state index is 5.47. The van der Waals surface area contributed by atoms with Crippen molar-refractivity contribution in [3.63, 3.8) is 0 Å². The van der Waals surface area contributed by atoms with Crippen molar-refractivity contribution in [3.8, 4) is 18.1 Å². The van der Waals surface area contributed by atoms with E-state index in [9.17, 15) is 0 Å². The SMILES string of the molecule is C#CCCCC(NCCC)c1ccc(OCC)cc1. The molecule has 0 spiro atoms. The maximum absolute atomic E-state index is 5.47. The molecule has 0 aliphatic rings. The van der Waals surface area contributed by atoms with Crippen LogP contribution in [0.15, 0.2) is 24.3 Å². The zero-order valence-electron chi connectivity index (χ0n) is 12.1. The van der Waals surface area contributed by atoms with E-state index in [1.54, 1.807) is 0 Å². The third-order valence-corrected chi connectivity index (χ3v) is 3.05. The zero-order valence-corrected chi connectivity index (χ0v) is 12.1. The Morgan fingerprint density at radius 1 is 1.26 bits per heavy atom. The lowest BCUT2D eigenvalue weighted by molar-refractivity contribution is 0.340. The van der Waals surface area contributed by atoms with Gasteiger partial charge in [-0.2, -0.15) is 0 Å². The van der Waals surface area contributed by atoms with Gasteiger partial charge in [0, 0.05) is 12.5 Å². The lowest BCUT2D eigenvalue weighted by Crippen LogP contribution is -2.22. The second-order valence-corrected chi connectivity index (χ2v) is 4.61. The molecule has 0 aromatic heterocycles. The van der Waals surface area contributed by atoms with Crippen molar-refractivity contribution in [1.82, 2.24) is 5.32 Å². The second kappa shape index (κ2) is 9.47. The summed E-state index contributed by atoms with van der Waals surface area (Å²) in [6.07, 6.45) is 9.45. The van der Waals surface area contributed by atoms with Gasteiger partial charge in [-0.3, -0.25) is 0 Å². The molecule has 1 aromatic carbocycles. The molecule has 1 atom stereocenters. The normalized spacial score (nSPS) is 11.8. The predicted octanol–water partition coefficient (Wildman–Crippen LogP) is 3.93. The Morgan fingerprint density at radius 3 is 2.58 bits per heavy atom. The van der Waals surface area contributed by atoms with Gasteiger partial charge in [-0.1, -0.05) is 19.1 Å². The fourth-order valence-electron chi connectivity index (χ4n) is 2.08. The van der Waals surface area contributed by atoms with Gasteiger partial charge in [0.25, 0.3) is 0 Å². The minimum absolute atomic E-state index is 0.393. The molecular formula is C17H25NO. The molecule has 1 rings (SSSR count). The number of terminal acetylenes is 1. The van der Waals surface area contributed by atoms with E-state index in [-0.39, 0.29) is 0 Å². The van der Waals surface area contributed by atoms with Crippen LogP contribution in [0.3, 0.4) is 0 Å². The van der Waals surface area contributed by atoms with Crippen LogP contribution in [0.4, 0.5) is 0 Å². The van der Waals surface area contributed by atoms with Crippen LogP contribution in [0.5, 0.6) is 5.75 Å². The molecule has 0 saturated carbocycles. The number of unbranched alkanes of at least 4 members (excludes halogenated alkanes) is 1. The first-order chi connectivity index (χ1) is 9.31. The van der Waals surface area contributed by atoms with E-state index < -0.39 is 0 Å². The topological polar surface area (TPSA) is 21.3 Å². The van der Waals surface area contributed by atoms with Crippen molar-refractivity contribution in [1.29, 1.82) is 0 Å². The van der Waals surface area contributed by atoms with E-state index in [0.717, 1.165) is 38.0 Å². The Labute approximate surface area is 117 Å². The molecule has 0 fully saturated rings. The van der Waals surface area contributed by atoms with Crippen molar-refractivity contribution in [3.05, 3.63) is 29.8 Å². The van der Waals surface area contributed by atoms with Gasteiger partial charge in [0.2, 0.25) is 0 Å². The minimum atomic E-state index is 0.393. The zero-order chi connectivity index (χ0) is 13.9. The van der Waals surface area contributed by atoms with Gasteiger partial charge in [0.1, 0.15) is 5.75 Å². The number of benzene rings is 1. The summed E-state index contributed by atoms with van der Waals surface area (Å²) >= 11 is 0. The molecule has 2 heteroatoms. The molecule has 0 aliphatic carbocycles. The molecule has 0 aliphatic heterocycles. The van der Waals surface area contributed by atoms with E-state index >= 15 is 0 Å². The summed E-state index contributed by atoms with van der Waals surface area (Å²) in [5.74, 6) is 3.64. The summed E-state index contributed by atoms with van der Waals surface area (Å²) in [7, 11) is 0.